The smallest absolute Gasteiger partial charge is 0.221 e. The van der Waals surface area contributed by atoms with Crippen LogP contribution in [0.1, 0.15) is 30.1 Å². The summed E-state index contributed by atoms with van der Waals surface area (Å²) in [5, 5.41) is 5.29. The number of rotatable bonds is 2. The first kappa shape index (κ1) is 19.6. The fourth-order valence-electron chi connectivity index (χ4n) is 5.10. The van der Waals surface area contributed by atoms with Crippen molar-refractivity contribution in [3.63, 3.8) is 0 Å². The van der Waals surface area contributed by atoms with E-state index in [9.17, 15) is 12.8 Å². The predicted octanol–water partition coefficient (Wildman–Crippen LogP) is 4.40. The van der Waals surface area contributed by atoms with Gasteiger partial charge in [-0.15, -0.1) is 12.4 Å². The second kappa shape index (κ2) is 6.57. The summed E-state index contributed by atoms with van der Waals surface area (Å²) in [6, 6.07) is 11.9. The number of aromatic amines is 1. The minimum Gasteiger partial charge on any atom is -0.347 e. The summed E-state index contributed by atoms with van der Waals surface area (Å²) in [7, 11) is -1.68. The fourth-order valence-corrected chi connectivity index (χ4v) is 6.40. The highest BCUT2D eigenvalue weighted by atomic mass is 35.5. The Morgan fingerprint density at radius 2 is 1.93 bits per heavy atom. The van der Waals surface area contributed by atoms with Crippen LogP contribution >= 0.6 is 12.4 Å². The molecule has 4 aromatic rings. The van der Waals surface area contributed by atoms with Crippen LogP contribution in [0.15, 0.2) is 52.4 Å². The van der Waals surface area contributed by atoms with Crippen LogP contribution in [0.3, 0.4) is 0 Å². The molecule has 2 N–H and O–H groups in total. The van der Waals surface area contributed by atoms with Gasteiger partial charge >= 0.3 is 0 Å². The maximum absolute atomic E-state index is 13.5. The van der Waals surface area contributed by atoms with E-state index in [0.717, 1.165) is 30.2 Å². The molecule has 8 heteroatoms. The zero-order valence-electron chi connectivity index (χ0n) is 16.3. The lowest BCUT2D eigenvalue weighted by Gasteiger charge is -2.23. The van der Waals surface area contributed by atoms with Gasteiger partial charge in [-0.2, -0.15) is 0 Å². The van der Waals surface area contributed by atoms with E-state index in [-0.39, 0.29) is 28.1 Å². The largest absolute Gasteiger partial charge is 0.347 e. The number of aryl methyl sites for hydroxylation is 1. The molecule has 2 aliphatic rings. The number of nitrogens with one attached hydrogen (secondary N) is 2. The minimum atomic E-state index is -3.74. The molecule has 2 bridgehead atoms. The number of fused-ring (bicyclic) bond motifs is 7. The van der Waals surface area contributed by atoms with Crippen LogP contribution in [0.2, 0.25) is 0 Å². The number of halogens is 2. The van der Waals surface area contributed by atoms with Crippen molar-refractivity contribution in [1.82, 2.24) is 14.9 Å². The first-order valence-corrected chi connectivity index (χ1v) is 11.3. The first-order valence-electron chi connectivity index (χ1n) is 9.82. The summed E-state index contributed by atoms with van der Waals surface area (Å²) in [5.41, 5.74) is 4.21. The Hall–Kier alpha value is -2.35. The second-order valence-electron chi connectivity index (χ2n) is 8.16. The Labute approximate surface area is 179 Å². The molecule has 2 aromatic carbocycles. The van der Waals surface area contributed by atoms with Crippen LogP contribution < -0.4 is 5.32 Å². The maximum Gasteiger partial charge on any atom is 0.221 e. The van der Waals surface area contributed by atoms with Crippen molar-refractivity contribution in [2.75, 3.05) is 0 Å². The van der Waals surface area contributed by atoms with Crippen molar-refractivity contribution in [3.05, 3.63) is 59.5 Å². The van der Waals surface area contributed by atoms with Crippen LogP contribution in [0.4, 0.5) is 4.39 Å². The van der Waals surface area contributed by atoms with Crippen LogP contribution in [-0.2, 0) is 23.3 Å². The molecule has 2 aromatic heterocycles. The number of nitrogens with zero attached hydrogens (tertiary/aromatic N) is 1. The zero-order valence-corrected chi connectivity index (χ0v) is 17.9. The summed E-state index contributed by atoms with van der Waals surface area (Å²) in [4.78, 5) is 3.19. The predicted molar refractivity (Wildman–Crippen MR) is 116 cm³/mol. The molecule has 2 unspecified atom stereocenters. The second-order valence-corrected chi connectivity index (χ2v) is 10.1. The van der Waals surface area contributed by atoms with Crippen LogP contribution in [0, 0.1) is 5.82 Å². The van der Waals surface area contributed by atoms with Gasteiger partial charge in [-0.25, -0.2) is 12.8 Å². The van der Waals surface area contributed by atoms with E-state index in [2.05, 4.69) is 21.9 Å². The molecule has 5 nitrogen and oxygen atoms in total. The number of aromatic nitrogens is 2. The summed E-state index contributed by atoms with van der Waals surface area (Å²) < 4.78 is 42.3. The topological polar surface area (TPSA) is 66.9 Å². The molecule has 156 valence electrons. The Morgan fingerprint density at radius 3 is 2.77 bits per heavy atom. The van der Waals surface area contributed by atoms with Gasteiger partial charge < -0.3 is 14.9 Å². The summed E-state index contributed by atoms with van der Waals surface area (Å²) in [6.07, 6.45) is 3.22. The molecule has 0 spiro atoms. The van der Waals surface area contributed by atoms with Crippen molar-refractivity contribution >= 4 is 44.1 Å². The summed E-state index contributed by atoms with van der Waals surface area (Å²) in [6.45, 7) is 0. The van der Waals surface area contributed by atoms with E-state index in [1.807, 2.05) is 6.07 Å². The normalized spacial score (nSPS) is 20.5. The molecule has 0 saturated carbocycles. The van der Waals surface area contributed by atoms with Gasteiger partial charge in [0, 0.05) is 53.1 Å². The number of sulfone groups is 1. The Morgan fingerprint density at radius 1 is 1.10 bits per heavy atom. The van der Waals surface area contributed by atoms with Gasteiger partial charge in [0.25, 0.3) is 0 Å². The molecule has 30 heavy (non-hydrogen) atoms. The molecule has 2 aliphatic heterocycles. The van der Waals surface area contributed by atoms with Crippen molar-refractivity contribution in [2.45, 2.75) is 41.3 Å². The number of hydrogen-bond donors (Lipinski definition) is 2. The Kier molecular flexibility index (Phi) is 4.29. The van der Waals surface area contributed by atoms with E-state index in [1.165, 1.54) is 29.5 Å². The van der Waals surface area contributed by atoms with Gasteiger partial charge in [0.2, 0.25) is 9.84 Å². The van der Waals surface area contributed by atoms with E-state index in [0.29, 0.717) is 23.0 Å². The molecule has 0 amide bonds. The third-order valence-electron chi connectivity index (χ3n) is 6.52. The molecule has 6 rings (SSSR count). The highest BCUT2D eigenvalue weighted by Gasteiger charge is 2.36. The van der Waals surface area contributed by atoms with Crippen molar-refractivity contribution in [3.8, 4) is 0 Å². The summed E-state index contributed by atoms with van der Waals surface area (Å²) >= 11 is 0. The van der Waals surface area contributed by atoms with Crippen molar-refractivity contribution in [2.24, 2.45) is 7.05 Å². The van der Waals surface area contributed by atoms with Gasteiger partial charge in [0.15, 0.2) is 0 Å². The first-order chi connectivity index (χ1) is 13.9. The molecular weight excluding hydrogens is 425 g/mol. The average Bonchev–Trinajstić information content (AvgIpc) is 3.37. The lowest BCUT2D eigenvalue weighted by Crippen LogP contribution is -2.32. The molecule has 1 fully saturated rings. The highest BCUT2D eigenvalue weighted by Crippen LogP contribution is 2.42. The molecule has 2 atom stereocenters. The van der Waals surface area contributed by atoms with E-state index < -0.39 is 9.84 Å². The van der Waals surface area contributed by atoms with Crippen LogP contribution in [0.5, 0.6) is 0 Å². The lowest BCUT2D eigenvalue weighted by atomic mass is 9.99. The SMILES string of the molecule is Cl.Cn1c2c(c3cc(S(=O)(=O)c4cc5cc(F)ccc5[nH]4)ccc31)C1CCC(C2)N1. The lowest BCUT2D eigenvalue weighted by molar-refractivity contribution is 0.503. The quantitative estimate of drug-likeness (QED) is 0.480. The molecule has 1 saturated heterocycles. The maximum atomic E-state index is 13.5. The third-order valence-corrected chi connectivity index (χ3v) is 8.20. The number of hydrogen-bond acceptors (Lipinski definition) is 3. The number of H-pyrrole nitrogens is 1. The summed E-state index contributed by atoms with van der Waals surface area (Å²) in [5.74, 6) is -0.389. The standard InChI is InChI=1S/C22H20FN3O2S.ClH/c1-26-19-7-4-15(11-16(19)22-18-6-3-14(24-18)10-20(22)26)29(27,28)21-9-12-8-13(23)2-5-17(12)25-21;/h2,4-5,7-9,11,14,18,24-25H,3,6,10H2,1H3;1H. The van der Waals surface area contributed by atoms with Gasteiger partial charge in [0.05, 0.1) is 4.90 Å². The van der Waals surface area contributed by atoms with E-state index >= 15 is 0 Å². The minimum absolute atomic E-state index is 0. The van der Waals surface area contributed by atoms with Crippen LogP contribution in [-0.4, -0.2) is 24.0 Å². The van der Waals surface area contributed by atoms with E-state index in [4.69, 9.17) is 0 Å². The van der Waals surface area contributed by atoms with Gasteiger partial charge in [0.1, 0.15) is 10.8 Å². The van der Waals surface area contributed by atoms with Gasteiger partial charge in [-0.05, 0) is 60.9 Å². The van der Waals surface area contributed by atoms with Crippen LogP contribution in [0.25, 0.3) is 21.8 Å². The fraction of sp³-hybridized carbons (Fsp3) is 0.273. The molecular formula is C22H21ClFN3O2S. The highest BCUT2D eigenvalue weighted by molar-refractivity contribution is 7.91. The van der Waals surface area contributed by atoms with Crippen molar-refractivity contribution < 1.29 is 12.8 Å². The molecule has 0 aliphatic carbocycles. The number of benzene rings is 2. The monoisotopic (exact) mass is 445 g/mol. The van der Waals surface area contributed by atoms with E-state index in [1.54, 1.807) is 18.2 Å². The Balaban J connectivity index is 0.00000193. The van der Waals surface area contributed by atoms with Gasteiger partial charge in [-0.1, -0.05) is 0 Å². The molecule has 0 radical (unpaired) electrons. The van der Waals surface area contributed by atoms with Gasteiger partial charge in [-0.3, -0.25) is 0 Å². The third kappa shape index (κ3) is 2.65. The average molecular weight is 446 g/mol. The van der Waals surface area contributed by atoms with Crippen molar-refractivity contribution in [1.29, 1.82) is 0 Å². The zero-order chi connectivity index (χ0) is 19.9. The molecule has 4 heterocycles. The Bertz CT molecular complexity index is 1420.